The molecule has 4 nitrogen and oxygen atoms in total. The number of likely N-dealkylation sites (N-methyl/N-ethyl adjacent to an activating group) is 1. The Bertz CT molecular complexity index is 312. The topological polar surface area (TPSA) is 44.7 Å². The van der Waals surface area contributed by atoms with Crippen LogP contribution in [-0.4, -0.2) is 49.9 Å². The van der Waals surface area contributed by atoms with Crippen molar-refractivity contribution in [3.8, 4) is 5.75 Å². The van der Waals surface area contributed by atoms with E-state index in [1.54, 1.807) is 0 Å². The molecule has 1 aromatic carbocycles. The number of nitrogens with one attached hydrogen (secondary N) is 1. The van der Waals surface area contributed by atoms with Crippen molar-refractivity contribution in [3.63, 3.8) is 0 Å². The smallest absolute Gasteiger partial charge is 0.119 e. The molecule has 0 saturated heterocycles. The quantitative estimate of drug-likeness (QED) is 0.754. The third kappa shape index (κ3) is 5.56. The number of nitrogens with zero attached hydrogens (tertiary/aromatic N) is 1. The molecule has 0 radical (unpaired) electrons. The van der Waals surface area contributed by atoms with E-state index in [-0.39, 0.29) is 6.10 Å². The summed E-state index contributed by atoms with van der Waals surface area (Å²) in [6.07, 6.45) is -0.364. The van der Waals surface area contributed by atoms with Crippen LogP contribution in [0.3, 0.4) is 0 Å². The van der Waals surface area contributed by atoms with Crippen molar-refractivity contribution in [1.29, 1.82) is 0 Å². The second kappa shape index (κ2) is 7.14. The van der Waals surface area contributed by atoms with Gasteiger partial charge in [0, 0.05) is 18.8 Å². The summed E-state index contributed by atoms with van der Waals surface area (Å²) in [7, 11) is 3.89. The molecule has 1 unspecified atom stereocenters. The van der Waals surface area contributed by atoms with Gasteiger partial charge < -0.3 is 20.1 Å². The van der Waals surface area contributed by atoms with Crippen LogP contribution in [0.5, 0.6) is 5.75 Å². The average molecular weight is 238 g/mol. The molecule has 0 amide bonds. The largest absolute Gasteiger partial charge is 0.494 e. The lowest BCUT2D eigenvalue weighted by Gasteiger charge is -2.17. The van der Waals surface area contributed by atoms with Crippen molar-refractivity contribution in [2.45, 2.75) is 13.0 Å². The number of hydrogen-bond acceptors (Lipinski definition) is 4. The van der Waals surface area contributed by atoms with Crippen LogP contribution in [0, 0.1) is 0 Å². The minimum Gasteiger partial charge on any atom is -0.494 e. The summed E-state index contributed by atoms with van der Waals surface area (Å²) in [4.78, 5) is 1.96. The number of anilines is 1. The molecule has 0 aliphatic carbocycles. The highest BCUT2D eigenvalue weighted by atomic mass is 16.5. The first-order valence-electron chi connectivity index (χ1n) is 5.91. The van der Waals surface area contributed by atoms with E-state index in [2.05, 4.69) is 5.32 Å². The number of benzene rings is 1. The third-order valence-corrected chi connectivity index (χ3v) is 2.28. The van der Waals surface area contributed by atoms with E-state index < -0.39 is 0 Å². The first-order chi connectivity index (χ1) is 8.11. The maximum Gasteiger partial charge on any atom is 0.119 e. The van der Waals surface area contributed by atoms with Crippen LogP contribution in [0.25, 0.3) is 0 Å². The summed E-state index contributed by atoms with van der Waals surface area (Å²) >= 11 is 0. The Hall–Kier alpha value is -1.26. The zero-order valence-corrected chi connectivity index (χ0v) is 10.8. The number of ether oxygens (including phenoxy) is 1. The molecule has 1 aromatic rings. The molecule has 17 heavy (non-hydrogen) atoms. The maximum atomic E-state index is 9.69. The summed E-state index contributed by atoms with van der Waals surface area (Å²) in [5, 5.41) is 12.9. The molecule has 0 fully saturated rings. The molecule has 96 valence electrons. The predicted molar refractivity (Wildman–Crippen MR) is 70.7 cm³/mol. The number of rotatable bonds is 7. The zero-order valence-electron chi connectivity index (χ0n) is 10.8. The highest BCUT2D eigenvalue weighted by molar-refractivity contribution is 5.46. The summed E-state index contributed by atoms with van der Waals surface area (Å²) in [5.74, 6) is 0.867. The fourth-order valence-electron chi connectivity index (χ4n) is 1.56. The van der Waals surface area contributed by atoms with Crippen molar-refractivity contribution in [2.75, 3.05) is 39.1 Å². The van der Waals surface area contributed by atoms with Crippen molar-refractivity contribution in [2.24, 2.45) is 0 Å². The maximum absolute atomic E-state index is 9.69. The average Bonchev–Trinajstić information content (AvgIpc) is 2.28. The van der Waals surface area contributed by atoms with Gasteiger partial charge in [-0.2, -0.15) is 0 Å². The van der Waals surface area contributed by atoms with Gasteiger partial charge in [0.15, 0.2) is 0 Å². The van der Waals surface area contributed by atoms with Gasteiger partial charge in [0.2, 0.25) is 0 Å². The van der Waals surface area contributed by atoms with Crippen LogP contribution in [0.1, 0.15) is 6.92 Å². The predicted octanol–water partition coefficient (Wildman–Crippen LogP) is 1.42. The Morgan fingerprint density at radius 3 is 2.47 bits per heavy atom. The summed E-state index contributed by atoms with van der Waals surface area (Å²) in [6, 6.07) is 7.75. The molecule has 1 atom stereocenters. The SMILES string of the molecule is CCOc1ccc(NCC(O)CN(C)C)cc1. The molecule has 0 bridgehead atoms. The summed E-state index contributed by atoms with van der Waals surface area (Å²) in [5.41, 5.74) is 0.992. The Morgan fingerprint density at radius 1 is 1.29 bits per heavy atom. The van der Waals surface area contributed by atoms with Crippen LogP contribution >= 0.6 is 0 Å². The standard InChI is InChI=1S/C13H22N2O2/c1-4-17-13-7-5-11(6-8-13)14-9-12(16)10-15(2)3/h5-8,12,14,16H,4,9-10H2,1-3H3. The van der Waals surface area contributed by atoms with Crippen LogP contribution in [0.15, 0.2) is 24.3 Å². The Kier molecular flexibility index (Phi) is 5.80. The lowest BCUT2D eigenvalue weighted by Crippen LogP contribution is -2.31. The van der Waals surface area contributed by atoms with Crippen LogP contribution in [0.2, 0.25) is 0 Å². The van der Waals surface area contributed by atoms with E-state index in [0.717, 1.165) is 11.4 Å². The minimum atomic E-state index is -0.364. The molecule has 0 spiro atoms. The molecular weight excluding hydrogens is 216 g/mol. The number of aliphatic hydroxyl groups excluding tert-OH is 1. The Morgan fingerprint density at radius 2 is 1.94 bits per heavy atom. The summed E-state index contributed by atoms with van der Waals surface area (Å²) in [6.45, 7) is 3.84. The van der Waals surface area contributed by atoms with Crippen molar-refractivity contribution in [3.05, 3.63) is 24.3 Å². The molecule has 0 aliphatic heterocycles. The van der Waals surface area contributed by atoms with E-state index in [4.69, 9.17) is 4.74 Å². The highest BCUT2D eigenvalue weighted by Gasteiger charge is 2.04. The highest BCUT2D eigenvalue weighted by Crippen LogP contribution is 2.15. The van der Waals surface area contributed by atoms with E-state index in [0.29, 0.717) is 19.7 Å². The van der Waals surface area contributed by atoms with Crippen molar-refractivity contribution in [1.82, 2.24) is 4.90 Å². The van der Waals surface area contributed by atoms with Gasteiger partial charge in [-0.3, -0.25) is 0 Å². The number of aliphatic hydroxyl groups is 1. The lowest BCUT2D eigenvalue weighted by atomic mass is 10.2. The van der Waals surface area contributed by atoms with Gasteiger partial charge in [0.1, 0.15) is 5.75 Å². The van der Waals surface area contributed by atoms with Gasteiger partial charge in [-0.15, -0.1) is 0 Å². The third-order valence-electron chi connectivity index (χ3n) is 2.28. The van der Waals surface area contributed by atoms with Crippen LogP contribution in [0.4, 0.5) is 5.69 Å². The molecule has 0 saturated carbocycles. The minimum absolute atomic E-state index is 0.364. The zero-order chi connectivity index (χ0) is 12.7. The fourth-order valence-corrected chi connectivity index (χ4v) is 1.56. The first kappa shape index (κ1) is 13.8. The molecule has 1 rings (SSSR count). The first-order valence-corrected chi connectivity index (χ1v) is 5.91. The van der Waals surface area contributed by atoms with E-state index in [9.17, 15) is 5.11 Å². The molecule has 2 N–H and O–H groups in total. The van der Waals surface area contributed by atoms with Gasteiger partial charge in [-0.1, -0.05) is 0 Å². The summed E-state index contributed by atoms with van der Waals surface area (Å²) < 4.78 is 5.36. The Balaban J connectivity index is 2.36. The normalized spacial score (nSPS) is 12.5. The number of hydrogen-bond donors (Lipinski definition) is 2. The van der Waals surface area contributed by atoms with E-state index >= 15 is 0 Å². The van der Waals surface area contributed by atoms with Gasteiger partial charge >= 0.3 is 0 Å². The molecular formula is C13H22N2O2. The second-order valence-electron chi connectivity index (χ2n) is 4.25. The fraction of sp³-hybridized carbons (Fsp3) is 0.538. The Labute approximate surface area is 103 Å². The molecule has 0 aliphatic rings. The van der Waals surface area contributed by atoms with Crippen LogP contribution in [-0.2, 0) is 0 Å². The van der Waals surface area contributed by atoms with Gasteiger partial charge in [0.05, 0.1) is 12.7 Å². The second-order valence-corrected chi connectivity index (χ2v) is 4.25. The van der Waals surface area contributed by atoms with Crippen molar-refractivity contribution < 1.29 is 9.84 Å². The van der Waals surface area contributed by atoms with E-state index in [1.165, 1.54) is 0 Å². The molecule has 4 heteroatoms. The van der Waals surface area contributed by atoms with Gasteiger partial charge in [-0.05, 0) is 45.3 Å². The van der Waals surface area contributed by atoms with Crippen LogP contribution < -0.4 is 10.1 Å². The van der Waals surface area contributed by atoms with Gasteiger partial charge in [0.25, 0.3) is 0 Å². The van der Waals surface area contributed by atoms with E-state index in [1.807, 2.05) is 50.2 Å². The van der Waals surface area contributed by atoms with Gasteiger partial charge in [-0.25, -0.2) is 0 Å². The van der Waals surface area contributed by atoms with Crippen molar-refractivity contribution >= 4 is 5.69 Å². The molecule has 0 heterocycles. The lowest BCUT2D eigenvalue weighted by molar-refractivity contribution is 0.148. The monoisotopic (exact) mass is 238 g/mol. The molecule has 0 aromatic heterocycles.